The molecule has 0 aliphatic heterocycles. The molecule has 0 aliphatic carbocycles. The van der Waals surface area contributed by atoms with Crippen molar-refractivity contribution in [1.29, 1.82) is 0 Å². The number of benzene rings is 1. The van der Waals surface area contributed by atoms with E-state index in [1.54, 1.807) is 7.11 Å². The number of fused-ring (bicyclic) bond motifs is 1. The molecule has 0 unspecified atom stereocenters. The number of amides is 1. The molecule has 7 nitrogen and oxygen atoms in total. The quantitative estimate of drug-likeness (QED) is 0.479. The molecule has 31 heavy (non-hydrogen) atoms. The van der Waals surface area contributed by atoms with Crippen LogP contribution in [0.25, 0.3) is 22.3 Å². The number of anilines is 1. The Morgan fingerprint density at radius 2 is 1.87 bits per heavy atom. The average Bonchev–Trinajstić information content (AvgIpc) is 3.32. The number of pyridine rings is 1. The van der Waals surface area contributed by atoms with Gasteiger partial charge in [-0.15, -0.1) is 11.3 Å². The average molecular weight is 436 g/mol. The number of aryl methyl sites for hydroxylation is 4. The van der Waals surface area contributed by atoms with Crippen molar-refractivity contribution in [3.05, 3.63) is 52.2 Å². The molecule has 4 rings (SSSR count). The summed E-state index contributed by atoms with van der Waals surface area (Å²) in [6.07, 6.45) is 0.989. The molecule has 0 fully saturated rings. The maximum absolute atomic E-state index is 12.6. The summed E-state index contributed by atoms with van der Waals surface area (Å²) in [6.45, 7) is 6.07. The molecule has 0 atom stereocenters. The van der Waals surface area contributed by atoms with Crippen molar-refractivity contribution in [2.45, 2.75) is 33.6 Å². The highest BCUT2D eigenvalue weighted by Crippen LogP contribution is 2.28. The zero-order valence-electron chi connectivity index (χ0n) is 18.3. The molecule has 0 radical (unpaired) electrons. The van der Waals surface area contributed by atoms with E-state index in [1.807, 2.05) is 55.2 Å². The summed E-state index contributed by atoms with van der Waals surface area (Å²) in [4.78, 5) is 21.8. The Morgan fingerprint density at radius 3 is 2.58 bits per heavy atom. The van der Waals surface area contributed by atoms with Crippen LogP contribution in [0.4, 0.5) is 5.13 Å². The van der Waals surface area contributed by atoms with Crippen LogP contribution >= 0.6 is 11.3 Å². The van der Waals surface area contributed by atoms with E-state index >= 15 is 0 Å². The van der Waals surface area contributed by atoms with Gasteiger partial charge in [0, 0.05) is 35.5 Å². The van der Waals surface area contributed by atoms with Crippen LogP contribution in [0.5, 0.6) is 5.75 Å². The van der Waals surface area contributed by atoms with Crippen molar-refractivity contribution < 1.29 is 9.53 Å². The van der Waals surface area contributed by atoms with Crippen molar-refractivity contribution in [2.75, 3.05) is 12.4 Å². The summed E-state index contributed by atoms with van der Waals surface area (Å²) >= 11 is 1.42. The van der Waals surface area contributed by atoms with Gasteiger partial charge >= 0.3 is 0 Å². The number of ether oxygens (including phenoxy) is 1. The molecule has 0 saturated heterocycles. The first kappa shape index (κ1) is 21.0. The van der Waals surface area contributed by atoms with Crippen LogP contribution in [0.1, 0.15) is 28.9 Å². The minimum absolute atomic E-state index is 0.0579. The highest BCUT2D eigenvalue weighted by Gasteiger charge is 2.16. The largest absolute Gasteiger partial charge is 0.497 e. The van der Waals surface area contributed by atoms with E-state index in [1.165, 1.54) is 11.3 Å². The zero-order chi connectivity index (χ0) is 22.1. The number of rotatable bonds is 6. The highest BCUT2D eigenvalue weighted by molar-refractivity contribution is 7.14. The van der Waals surface area contributed by atoms with E-state index in [4.69, 9.17) is 9.72 Å². The Balaban J connectivity index is 1.44. The number of nitrogens with one attached hydrogen (secondary N) is 1. The monoisotopic (exact) mass is 435 g/mol. The van der Waals surface area contributed by atoms with Crippen LogP contribution in [0.15, 0.2) is 29.6 Å². The molecular weight excluding hydrogens is 410 g/mol. The summed E-state index contributed by atoms with van der Waals surface area (Å²) in [6, 6.07) is 7.70. The van der Waals surface area contributed by atoms with Crippen LogP contribution in [0.2, 0.25) is 0 Å². The molecule has 4 aromatic rings. The van der Waals surface area contributed by atoms with Crippen LogP contribution < -0.4 is 10.1 Å². The molecule has 1 N–H and O–H groups in total. The fourth-order valence-electron chi connectivity index (χ4n) is 3.88. The van der Waals surface area contributed by atoms with E-state index in [0.717, 1.165) is 50.6 Å². The minimum atomic E-state index is -0.0579. The molecule has 0 spiro atoms. The number of carbonyl (C=O) groups is 1. The van der Waals surface area contributed by atoms with Gasteiger partial charge in [-0.25, -0.2) is 9.97 Å². The molecule has 0 aliphatic rings. The minimum Gasteiger partial charge on any atom is -0.497 e. The second-order valence-corrected chi connectivity index (χ2v) is 8.38. The third kappa shape index (κ3) is 4.16. The van der Waals surface area contributed by atoms with Crippen LogP contribution in [0, 0.1) is 20.8 Å². The molecule has 1 amide bonds. The molecule has 8 heteroatoms. The van der Waals surface area contributed by atoms with Gasteiger partial charge < -0.3 is 10.1 Å². The van der Waals surface area contributed by atoms with E-state index in [9.17, 15) is 4.79 Å². The summed E-state index contributed by atoms with van der Waals surface area (Å²) in [5.74, 6) is 0.740. The van der Waals surface area contributed by atoms with Crippen molar-refractivity contribution >= 4 is 33.4 Å². The first-order valence-corrected chi connectivity index (χ1v) is 10.9. The Hall–Kier alpha value is -3.26. The fourth-order valence-corrected chi connectivity index (χ4v) is 4.61. The second kappa shape index (κ2) is 8.47. The van der Waals surface area contributed by atoms with Crippen LogP contribution in [-0.2, 0) is 18.3 Å². The molecular formula is C23H25N5O2S. The van der Waals surface area contributed by atoms with Crippen molar-refractivity contribution in [1.82, 2.24) is 19.7 Å². The maximum Gasteiger partial charge on any atom is 0.226 e. The third-order valence-corrected chi connectivity index (χ3v) is 6.23. The number of nitrogens with zero attached hydrogens (tertiary/aromatic N) is 4. The van der Waals surface area contributed by atoms with Crippen LogP contribution in [-0.4, -0.2) is 32.8 Å². The summed E-state index contributed by atoms with van der Waals surface area (Å²) < 4.78 is 7.00. The van der Waals surface area contributed by atoms with Gasteiger partial charge in [-0.3, -0.25) is 9.48 Å². The van der Waals surface area contributed by atoms with Gasteiger partial charge in [0.2, 0.25) is 5.91 Å². The Labute approximate surface area is 185 Å². The molecule has 1 aromatic carbocycles. The standard InChI is InChI=1S/C23H25N5O2S/c1-13-18(14(2)24-22-21(13)15(3)27-28(22)4)10-11-20(29)26-23-25-19(12-31-23)16-6-8-17(30-5)9-7-16/h6-9,12H,10-11H2,1-5H3,(H,25,26,29). The SMILES string of the molecule is COc1ccc(-c2csc(NC(=O)CCc3c(C)nc4c(c(C)nn4C)c3C)n2)cc1. The molecule has 160 valence electrons. The third-order valence-electron chi connectivity index (χ3n) is 5.47. The topological polar surface area (TPSA) is 81.9 Å². The number of hydrogen-bond donors (Lipinski definition) is 1. The maximum atomic E-state index is 12.6. The summed E-state index contributed by atoms with van der Waals surface area (Å²) in [5.41, 5.74) is 6.86. The van der Waals surface area contributed by atoms with Gasteiger partial charge in [-0.1, -0.05) is 0 Å². The first-order chi connectivity index (χ1) is 14.9. The lowest BCUT2D eigenvalue weighted by atomic mass is 9.99. The van der Waals surface area contributed by atoms with Gasteiger partial charge in [0.1, 0.15) is 5.75 Å². The van der Waals surface area contributed by atoms with Gasteiger partial charge in [0.15, 0.2) is 10.8 Å². The Morgan fingerprint density at radius 1 is 1.13 bits per heavy atom. The molecule has 0 saturated carbocycles. The van der Waals surface area contributed by atoms with Gasteiger partial charge in [-0.2, -0.15) is 5.10 Å². The van der Waals surface area contributed by atoms with E-state index in [-0.39, 0.29) is 5.91 Å². The van der Waals surface area contributed by atoms with Crippen molar-refractivity contribution in [3.8, 4) is 17.0 Å². The lowest BCUT2D eigenvalue weighted by molar-refractivity contribution is -0.116. The normalized spacial score (nSPS) is 11.1. The van der Waals surface area contributed by atoms with Crippen molar-refractivity contribution in [3.63, 3.8) is 0 Å². The fraction of sp³-hybridized carbons (Fsp3) is 0.304. The molecule has 3 heterocycles. The number of methoxy groups -OCH3 is 1. The number of hydrogen-bond acceptors (Lipinski definition) is 6. The predicted molar refractivity (Wildman–Crippen MR) is 124 cm³/mol. The van der Waals surface area contributed by atoms with Gasteiger partial charge in [-0.05, 0) is 62.6 Å². The lowest BCUT2D eigenvalue weighted by Gasteiger charge is -2.11. The number of aromatic nitrogens is 4. The second-order valence-electron chi connectivity index (χ2n) is 7.52. The number of thiazole rings is 1. The smallest absolute Gasteiger partial charge is 0.226 e. The predicted octanol–water partition coefficient (Wildman–Crippen LogP) is 4.60. The number of carbonyl (C=O) groups excluding carboxylic acids is 1. The lowest BCUT2D eigenvalue weighted by Crippen LogP contribution is -2.13. The van der Waals surface area contributed by atoms with Crippen molar-refractivity contribution in [2.24, 2.45) is 7.05 Å². The van der Waals surface area contributed by atoms with Gasteiger partial charge in [0.05, 0.1) is 18.5 Å². The van der Waals surface area contributed by atoms with E-state index in [2.05, 4.69) is 22.3 Å². The van der Waals surface area contributed by atoms with Gasteiger partial charge in [0.25, 0.3) is 0 Å². The zero-order valence-corrected chi connectivity index (χ0v) is 19.1. The van der Waals surface area contributed by atoms with Crippen LogP contribution in [0.3, 0.4) is 0 Å². The Kier molecular flexibility index (Phi) is 5.73. The molecule has 3 aromatic heterocycles. The highest BCUT2D eigenvalue weighted by atomic mass is 32.1. The Bertz CT molecular complexity index is 1260. The summed E-state index contributed by atoms with van der Waals surface area (Å²) in [7, 11) is 3.54. The van der Waals surface area contributed by atoms with E-state index in [0.29, 0.717) is 18.0 Å². The summed E-state index contributed by atoms with van der Waals surface area (Å²) in [5, 5.41) is 11.0. The molecule has 0 bridgehead atoms. The van der Waals surface area contributed by atoms with E-state index < -0.39 is 0 Å². The first-order valence-electron chi connectivity index (χ1n) is 10.1.